The third-order valence-electron chi connectivity index (χ3n) is 2.72. The zero-order valence-electron chi connectivity index (χ0n) is 10.4. The van der Waals surface area contributed by atoms with Crippen molar-refractivity contribution in [2.24, 2.45) is 0 Å². The van der Waals surface area contributed by atoms with E-state index in [1.165, 1.54) is 0 Å². The molecular formula is C15H13NO3. The zero-order chi connectivity index (χ0) is 13.7. The number of nitro groups is 1. The summed E-state index contributed by atoms with van der Waals surface area (Å²) in [6.07, 6.45) is 1.01. The lowest BCUT2D eigenvalue weighted by atomic mass is 9.98. The number of rotatable bonds is 4. The maximum Gasteiger partial charge on any atom is 0.242 e. The first kappa shape index (κ1) is 12.8. The summed E-state index contributed by atoms with van der Waals surface area (Å²) in [6.45, 7) is 0. The summed E-state index contributed by atoms with van der Waals surface area (Å²) in [4.78, 5) is 10.4. The van der Waals surface area contributed by atoms with Gasteiger partial charge in [-0.3, -0.25) is 10.1 Å². The van der Waals surface area contributed by atoms with Crippen LogP contribution in [0.2, 0.25) is 0 Å². The summed E-state index contributed by atoms with van der Waals surface area (Å²) in [5.41, 5.74) is 2.01. The summed E-state index contributed by atoms with van der Waals surface area (Å²) in [5.74, 6) is 0.611. The van der Waals surface area contributed by atoms with E-state index in [1.807, 2.05) is 42.5 Å². The van der Waals surface area contributed by atoms with E-state index < -0.39 is 4.92 Å². The van der Waals surface area contributed by atoms with Gasteiger partial charge in [0.15, 0.2) is 0 Å². The first-order valence-electron chi connectivity index (χ1n) is 5.76. The minimum absolute atomic E-state index is 0.450. The van der Waals surface area contributed by atoms with Gasteiger partial charge in [0.2, 0.25) is 6.20 Å². The molecule has 2 aromatic rings. The van der Waals surface area contributed by atoms with E-state index >= 15 is 0 Å². The minimum atomic E-state index is -0.450. The van der Waals surface area contributed by atoms with Crippen LogP contribution in [-0.4, -0.2) is 12.0 Å². The Labute approximate surface area is 111 Å². The number of hydrogen-bond donors (Lipinski definition) is 0. The van der Waals surface area contributed by atoms with E-state index in [1.54, 1.807) is 19.2 Å². The van der Waals surface area contributed by atoms with Crippen molar-refractivity contribution in [2.45, 2.75) is 0 Å². The van der Waals surface area contributed by atoms with Gasteiger partial charge in [-0.2, -0.15) is 0 Å². The molecule has 0 fully saturated rings. The van der Waals surface area contributed by atoms with Crippen LogP contribution in [0.3, 0.4) is 0 Å². The van der Waals surface area contributed by atoms with Gasteiger partial charge in [0.25, 0.3) is 0 Å². The Kier molecular flexibility index (Phi) is 3.93. The van der Waals surface area contributed by atoms with E-state index in [0.717, 1.165) is 11.8 Å². The van der Waals surface area contributed by atoms with Crippen LogP contribution in [0, 0.1) is 10.1 Å². The fourth-order valence-corrected chi connectivity index (χ4v) is 1.89. The van der Waals surface area contributed by atoms with Crippen LogP contribution < -0.4 is 4.74 Å². The Morgan fingerprint density at radius 1 is 1.11 bits per heavy atom. The second-order valence-corrected chi connectivity index (χ2v) is 3.89. The summed E-state index contributed by atoms with van der Waals surface area (Å²) in [5, 5.41) is 10.8. The van der Waals surface area contributed by atoms with Crippen LogP contribution in [0.4, 0.5) is 0 Å². The van der Waals surface area contributed by atoms with E-state index in [9.17, 15) is 10.1 Å². The van der Waals surface area contributed by atoms with Crippen molar-refractivity contribution in [3.8, 4) is 5.75 Å². The minimum Gasteiger partial charge on any atom is -0.496 e. The molecule has 0 aliphatic heterocycles. The molecule has 0 saturated heterocycles. The molecule has 0 heterocycles. The summed E-state index contributed by atoms with van der Waals surface area (Å²) in [7, 11) is 1.55. The number of nitrogens with zero attached hydrogens (tertiary/aromatic N) is 1. The Bertz CT molecular complexity index is 606. The lowest BCUT2D eigenvalue weighted by Gasteiger charge is -2.10. The maximum absolute atomic E-state index is 10.8. The van der Waals surface area contributed by atoms with Crippen molar-refractivity contribution in [3.05, 3.63) is 82.0 Å². The summed E-state index contributed by atoms with van der Waals surface area (Å²) in [6, 6.07) is 16.5. The quantitative estimate of drug-likeness (QED) is 0.621. The molecule has 0 saturated carbocycles. The monoisotopic (exact) mass is 255 g/mol. The van der Waals surface area contributed by atoms with E-state index in [4.69, 9.17) is 4.74 Å². The molecule has 0 N–H and O–H groups in total. The molecule has 0 aromatic heterocycles. The molecule has 4 nitrogen and oxygen atoms in total. The normalized spacial score (nSPS) is 11.1. The van der Waals surface area contributed by atoms with Gasteiger partial charge in [0.1, 0.15) is 5.75 Å². The van der Waals surface area contributed by atoms with Crippen LogP contribution in [0.25, 0.3) is 5.57 Å². The predicted octanol–water partition coefficient (Wildman–Crippen LogP) is 3.36. The van der Waals surface area contributed by atoms with Crippen molar-refractivity contribution in [1.29, 1.82) is 0 Å². The van der Waals surface area contributed by atoms with Gasteiger partial charge in [-0.25, -0.2) is 0 Å². The molecule has 0 amide bonds. The van der Waals surface area contributed by atoms with E-state index in [-0.39, 0.29) is 0 Å². The van der Waals surface area contributed by atoms with E-state index in [0.29, 0.717) is 16.9 Å². The number of ether oxygens (including phenoxy) is 1. The Hall–Kier alpha value is -2.62. The Morgan fingerprint density at radius 3 is 2.37 bits per heavy atom. The number of benzene rings is 2. The first-order valence-corrected chi connectivity index (χ1v) is 5.76. The third-order valence-corrected chi connectivity index (χ3v) is 2.72. The van der Waals surface area contributed by atoms with Crippen LogP contribution in [0.5, 0.6) is 5.75 Å². The lowest BCUT2D eigenvalue weighted by molar-refractivity contribution is -0.401. The van der Waals surface area contributed by atoms with Crippen molar-refractivity contribution < 1.29 is 9.66 Å². The van der Waals surface area contributed by atoms with Gasteiger partial charge in [-0.15, -0.1) is 0 Å². The van der Waals surface area contributed by atoms with Crippen LogP contribution in [0.1, 0.15) is 11.1 Å². The average molecular weight is 255 g/mol. The smallest absolute Gasteiger partial charge is 0.242 e. The topological polar surface area (TPSA) is 52.4 Å². The molecule has 0 aliphatic carbocycles. The average Bonchev–Trinajstić information content (AvgIpc) is 2.45. The molecule has 4 heteroatoms. The molecule has 0 aliphatic rings. The first-order chi connectivity index (χ1) is 9.22. The molecule has 0 unspecified atom stereocenters. The molecule has 2 aromatic carbocycles. The molecule has 96 valence electrons. The molecule has 0 bridgehead atoms. The number of hydrogen-bond acceptors (Lipinski definition) is 3. The Balaban J connectivity index is 2.60. The van der Waals surface area contributed by atoms with E-state index in [2.05, 4.69) is 0 Å². The summed E-state index contributed by atoms with van der Waals surface area (Å²) >= 11 is 0. The largest absolute Gasteiger partial charge is 0.496 e. The van der Waals surface area contributed by atoms with Gasteiger partial charge < -0.3 is 4.74 Å². The zero-order valence-corrected chi connectivity index (χ0v) is 10.4. The highest BCUT2D eigenvalue weighted by Crippen LogP contribution is 2.30. The van der Waals surface area contributed by atoms with Crippen LogP contribution >= 0.6 is 0 Å². The Morgan fingerprint density at radius 2 is 1.74 bits per heavy atom. The lowest BCUT2D eigenvalue weighted by Crippen LogP contribution is -1.96. The molecule has 0 atom stereocenters. The molecule has 0 spiro atoms. The van der Waals surface area contributed by atoms with Gasteiger partial charge in [0, 0.05) is 5.56 Å². The number of methoxy groups -OCH3 is 1. The third kappa shape index (κ3) is 2.98. The van der Waals surface area contributed by atoms with Gasteiger partial charge in [-0.05, 0) is 11.6 Å². The van der Waals surface area contributed by atoms with Crippen molar-refractivity contribution >= 4 is 5.57 Å². The van der Waals surface area contributed by atoms with Gasteiger partial charge >= 0.3 is 0 Å². The highest BCUT2D eigenvalue weighted by Gasteiger charge is 2.13. The number of para-hydroxylation sites is 1. The predicted molar refractivity (Wildman–Crippen MR) is 73.5 cm³/mol. The second kappa shape index (κ2) is 5.82. The standard InChI is InChI=1S/C15H13NO3/c1-19-15-10-6-5-9-13(15)14(11-16(17)18)12-7-3-2-4-8-12/h2-11H,1H3/b14-11+. The van der Waals surface area contributed by atoms with Crippen molar-refractivity contribution in [2.75, 3.05) is 7.11 Å². The van der Waals surface area contributed by atoms with Crippen molar-refractivity contribution in [1.82, 2.24) is 0 Å². The highest BCUT2D eigenvalue weighted by molar-refractivity contribution is 5.82. The molecular weight excluding hydrogens is 242 g/mol. The fourth-order valence-electron chi connectivity index (χ4n) is 1.89. The van der Waals surface area contributed by atoms with Crippen LogP contribution in [0.15, 0.2) is 60.8 Å². The second-order valence-electron chi connectivity index (χ2n) is 3.89. The summed E-state index contributed by atoms with van der Waals surface area (Å²) < 4.78 is 5.27. The maximum atomic E-state index is 10.8. The SMILES string of the molecule is COc1ccccc1/C(=C/[N+](=O)[O-])c1ccccc1. The van der Waals surface area contributed by atoms with Crippen LogP contribution in [-0.2, 0) is 0 Å². The molecule has 2 rings (SSSR count). The van der Waals surface area contributed by atoms with Gasteiger partial charge in [0.05, 0.1) is 17.6 Å². The fraction of sp³-hybridized carbons (Fsp3) is 0.0667. The highest BCUT2D eigenvalue weighted by atomic mass is 16.6. The molecule has 0 radical (unpaired) electrons. The van der Waals surface area contributed by atoms with Gasteiger partial charge in [-0.1, -0.05) is 48.5 Å². The van der Waals surface area contributed by atoms with Crippen molar-refractivity contribution in [3.63, 3.8) is 0 Å². The molecule has 19 heavy (non-hydrogen) atoms.